The maximum absolute atomic E-state index is 5.53. The molecule has 1 aromatic rings. The number of nitrogens with two attached hydrogens (primary N) is 1. The van der Waals surface area contributed by atoms with E-state index in [-0.39, 0.29) is 0 Å². The van der Waals surface area contributed by atoms with Crippen molar-refractivity contribution in [3.05, 3.63) is 11.9 Å². The van der Waals surface area contributed by atoms with E-state index in [0.29, 0.717) is 12.6 Å². The van der Waals surface area contributed by atoms with Crippen LogP contribution in [0.2, 0.25) is 0 Å². The van der Waals surface area contributed by atoms with E-state index >= 15 is 0 Å². The monoisotopic (exact) mass is 251 g/mol. The van der Waals surface area contributed by atoms with Gasteiger partial charge in [0.05, 0.1) is 12.2 Å². The zero-order valence-corrected chi connectivity index (χ0v) is 11.7. The molecule has 18 heavy (non-hydrogen) atoms. The van der Waals surface area contributed by atoms with Gasteiger partial charge in [0, 0.05) is 31.9 Å². The third kappa shape index (κ3) is 3.09. The van der Waals surface area contributed by atoms with Gasteiger partial charge >= 0.3 is 0 Å². The van der Waals surface area contributed by atoms with Crippen molar-refractivity contribution >= 4 is 0 Å². The lowest BCUT2D eigenvalue weighted by Crippen LogP contribution is -2.46. The Kier molecular flexibility index (Phi) is 4.35. The molecule has 1 aliphatic heterocycles. The Labute approximate surface area is 109 Å². The number of hydrogen-bond acceptors (Lipinski definition) is 4. The SMILES string of the molecule is CC1CC(C)C(C)N(CCn2cc(CN)nn2)C1. The van der Waals surface area contributed by atoms with Crippen LogP contribution >= 0.6 is 0 Å². The van der Waals surface area contributed by atoms with Crippen LogP contribution in [0.1, 0.15) is 32.9 Å². The Bertz CT molecular complexity index is 375. The highest BCUT2D eigenvalue weighted by Gasteiger charge is 2.28. The molecule has 0 radical (unpaired) electrons. The largest absolute Gasteiger partial charge is 0.325 e. The van der Waals surface area contributed by atoms with Gasteiger partial charge in [-0.05, 0) is 25.2 Å². The molecule has 0 amide bonds. The average molecular weight is 251 g/mol. The van der Waals surface area contributed by atoms with Crippen molar-refractivity contribution in [3.8, 4) is 0 Å². The summed E-state index contributed by atoms with van der Waals surface area (Å²) in [5.74, 6) is 1.58. The summed E-state index contributed by atoms with van der Waals surface area (Å²) in [5, 5.41) is 8.11. The van der Waals surface area contributed by atoms with Crippen LogP contribution in [0.25, 0.3) is 0 Å². The number of likely N-dealkylation sites (tertiary alicyclic amines) is 1. The Hall–Kier alpha value is -0.940. The number of rotatable bonds is 4. The third-order valence-electron chi connectivity index (χ3n) is 4.13. The molecule has 1 aromatic heterocycles. The Balaban J connectivity index is 1.88. The minimum atomic E-state index is 0.466. The van der Waals surface area contributed by atoms with Crippen molar-refractivity contribution in [2.75, 3.05) is 13.1 Å². The van der Waals surface area contributed by atoms with Crippen molar-refractivity contribution in [1.82, 2.24) is 19.9 Å². The van der Waals surface area contributed by atoms with Crippen LogP contribution in [0.3, 0.4) is 0 Å². The average Bonchev–Trinajstić information content (AvgIpc) is 2.80. The molecule has 0 spiro atoms. The molecule has 0 aromatic carbocycles. The minimum Gasteiger partial charge on any atom is -0.325 e. The van der Waals surface area contributed by atoms with E-state index < -0.39 is 0 Å². The van der Waals surface area contributed by atoms with E-state index in [9.17, 15) is 0 Å². The zero-order valence-electron chi connectivity index (χ0n) is 11.7. The molecule has 0 saturated carbocycles. The lowest BCUT2D eigenvalue weighted by Gasteiger charge is -2.41. The highest BCUT2D eigenvalue weighted by Crippen LogP contribution is 2.26. The van der Waals surface area contributed by atoms with E-state index in [2.05, 4.69) is 36.0 Å². The molecule has 0 bridgehead atoms. The zero-order chi connectivity index (χ0) is 13.1. The highest BCUT2D eigenvalue weighted by molar-refractivity contribution is 4.90. The summed E-state index contributed by atoms with van der Waals surface area (Å²) in [7, 11) is 0. The second kappa shape index (κ2) is 5.80. The van der Waals surface area contributed by atoms with Gasteiger partial charge in [-0.3, -0.25) is 9.58 Å². The summed E-state index contributed by atoms with van der Waals surface area (Å²) >= 11 is 0. The van der Waals surface area contributed by atoms with Crippen molar-refractivity contribution < 1.29 is 0 Å². The summed E-state index contributed by atoms with van der Waals surface area (Å²) in [6.07, 6.45) is 3.29. The first-order valence-electron chi connectivity index (χ1n) is 6.93. The molecule has 102 valence electrons. The molecule has 5 nitrogen and oxygen atoms in total. The predicted molar refractivity (Wildman–Crippen MR) is 71.9 cm³/mol. The van der Waals surface area contributed by atoms with E-state index in [0.717, 1.165) is 30.6 Å². The van der Waals surface area contributed by atoms with Crippen LogP contribution in [0.5, 0.6) is 0 Å². The van der Waals surface area contributed by atoms with Gasteiger partial charge in [0.2, 0.25) is 0 Å². The fourth-order valence-corrected chi connectivity index (χ4v) is 2.90. The van der Waals surface area contributed by atoms with E-state index in [1.807, 2.05) is 10.9 Å². The molecule has 2 N–H and O–H groups in total. The standard InChI is InChI=1S/C13H25N5/c1-10-6-11(2)12(3)17(8-10)4-5-18-9-13(7-14)15-16-18/h9-12H,4-8,14H2,1-3H3. The van der Waals surface area contributed by atoms with Crippen molar-refractivity contribution in [3.63, 3.8) is 0 Å². The van der Waals surface area contributed by atoms with Crippen LogP contribution in [0, 0.1) is 11.8 Å². The number of hydrogen-bond donors (Lipinski definition) is 1. The molecule has 3 atom stereocenters. The number of piperidine rings is 1. The van der Waals surface area contributed by atoms with E-state index in [4.69, 9.17) is 5.73 Å². The number of nitrogens with zero attached hydrogens (tertiary/aromatic N) is 4. The first-order valence-corrected chi connectivity index (χ1v) is 6.93. The molecule has 1 aliphatic rings. The van der Waals surface area contributed by atoms with Crippen LogP contribution in [0.4, 0.5) is 0 Å². The van der Waals surface area contributed by atoms with Crippen LogP contribution in [0.15, 0.2) is 6.20 Å². The molecule has 1 fully saturated rings. The van der Waals surface area contributed by atoms with Gasteiger partial charge in [-0.1, -0.05) is 19.1 Å². The van der Waals surface area contributed by atoms with Crippen LogP contribution in [-0.4, -0.2) is 39.0 Å². The van der Waals surface area contributed by atoms with E-state index in [1.165, 1.54) is 13.0 Å². The molecule has 0 aliphatic carbocycles. The van der Waals surface area contributed by atoms with Gasteiger partial charge in [0.25, 0.3) is 0 Å². The summed E-state index contributed by atoms with van der Waals surface area (Å²) in [6, 6.07) is 0.665. The normalized spacial score (nSPS) is 29.7. The maximum atomic E-state index is 5.53. The molecule has 1 saturated heterocycles. The van der Waals surface area contributed by atoms with Crippen molar-refractivity contribution in [2.24, 2.45) is 17.6 Å². The summed E-state index contributed by atoms with van der Waals surface area (Å²) in [5.41, 5.74) is 6.40. The molecular weight excluding hydrogens is 226 g/mol. The lowest BCUT2D eigenvalue weighted by atomic mass is 9.86. The van der Waals surface area contributed by atoms with Crippen LogP contribution < -0.4 is 5.73 Å². The molecule has 2 rings (SSSR count). The predicted octanol–water partition coefficient (Wildman–Crippen LogP) is 1.10. The van der Waals surface area contributed by atoms with Gasteiger partial charge in [-0.25, -0.2) is 0 Å². The highest BCUT2D eigenvalue weighted by atomic mass is 15.4. The van der Waals surface area contributed by atoms with Crippen molar-refractivity contribution in [1.29, 1.82) is 0 Å². The molecular formula is C13H25N5. The summed E-state index contributed by atoms with van der Waals surface area (Å²) < 4.78 is 1.90. The Morgan fingerprint density at radius 2 is 2.11 bits per heavy atom. The fourth-order valence-electron chi connectivity index (χ4n) is 2.90. The summed E-state index contributed by atoms with van der Waals surface area (Å²) in [4.78, 5) is 2.57. The van der Waals surface area contributed by atoms with Crippen molar-refractivity contribution in [2.45, 2.75) is 46.3 Å². The quantitative estimate of drug-likeness (QED) is 0.870. The second-order valence-electron chi connectivity index (χ2n) is 5.73. The maximum Gasteiger partial charge on any atom is 0.0962 e. The van der Waals surface area contributed by atoms with Gasteiger partial charge < -0.3 is 5.73 Å². The topological polar surface area (TPSA) is 60.0 Å². The van der Waals surface area contributed by atoms with Crippen LogP contribution in [-0.2, 0) is 13.1 Å². The Morgan fingerprint density at radius 1 is 1.33 bits per heavy atom. The molecule has 3 unspecified atom stereocenters. The lowest BCUT2D eigenvalue weighted by molar-refractivity contribution is 0.0754. The first kappa shape index (κ1) is 13.5. The van der Waals surface area contributed by atoms with Gasteiger partial charge in [0.1, 0.15) is 0 Å². The summed E-state index contributed by atoms with van der Waals surface area (Å²) in [6.45, 7) is 10.6. The number of aromatic nitrogens is 3. The van der Waals surface area contributed by atoms with Gasteiger partial charge in [0.15, 0.2) is 0 Å². The first-order chi connectivity index (χ1) is 8.60. The molecule has 5 heteroatoms. The third-order valence-corrected chi connectivity index (χ3v) is 4.13. The Morgan fingerprint density at radius 3 is 2.78 bits per heavy atom. The van der Waals surface area contributed by atoms with E-state index in [1.54, 1.807) is 0 Å². The minimum absolute atomic E-state index is 0.466. The fraction of sp³-hybridized carbons (Fsp3) is 0.846. The smallest absolute Gasteiger partial charge is 0.0962 e. The van der Waals surface area contributed by atoms with Gasteiger partial charge in [-0.2, -0.15) is 0 Å². The second-order valence-corrected chi connectivity index (χ2v) is 5.73. The molecule has 2 heterocycles. The van der Waals surface area contributed by atoms with Gasteiger partial charge in [-0.15, -0.1) is 5.10 Å².